The van der Waals surface area contributed by atoms with Crippen LogP contribution in [0.25, 0.3) is 0 Å². The fraction of sp³-hybridized carbons (Fsp3) is 0.300. The summed E-state index contributed by atoms with van der Waals surface area (Å²) in [5, 5.41) is 8.89. The number of hydrogen-bond acceptors (Lipinski definition) is 3. The second-order valence-electron chi connectivity index (χ2n) is 2.64. The van der Waals surface area contributed by atoms with E-state index in [0.717, 1.165) is 5.56 Å². The second-order valence-corrected chi connectivity index (χ2v) is 2.64. The first-order valence-electron chi connectivity index (χ1n) is 4.41. The molecule has 0 aliphatic heterocycles. The Labute approximate surface area is 83.2 Å². The Hall–Kier alpha value is -1.55. The van der Waals surface area contributed by atoms with Crippen LogP contribution in [0.4, 0.5) is 0 Å². The summed E-state index contributed by atoms with van der Waals surface area (Å²) in [7, 11) is 1.58. The summed E-state index contributed by atoms with van der Waals surface area (Å²) in [6, 6.07) is 7.37. The van der Waals surface area contributed by atoms with Gasteiger partial charge in [0.05, 0.1) is 12.7 Å². The number of nitrogens with zero attached hydrogens (tertiary/aromatic N) is 1. The van der Waals surface area contributed by atoms with E-state index in [1.54, 1.807) is 7.11 Å². The molecule has 0 saturated carbocycles. The zero-order valence-electron chi connectivity index (χ0n) is 8.32. The highest BCUT2D eigenvalue weighted by Gasteiger charge is 2.07. The van der Waals surface area contributed by atoms with E-state index in [0.29, 0.717) is 18.1 Å². The molecule has 0 spiro atoms. The Balaban J connectivity index is 3.09. The van der Waals surface area contributed by atoms with Gasteiger partial charge in [0.25, 0.3) is 0 Å². The highest BCUT2D eigenvalue weighted by molar-refractivity contribution is 6.00. The number of para-hydroxylation sites is 1. The molecule has 0 unspecified atom stereocenters. The third-order valence-corrected chi connectivity index (χ3v) is 1.78. The molecule has 1 aromatic carbocycles. The number of ether oxygens (including phenoxy) is 1. The van der Waals surface area contributed by atoms with Gasteiger partial charge in [-0.15, -0.1) is 0 Å². The number of aliphatic imine (C=N–C) groups is 1. The minimum absolute atomic E-state index is 0.421. The highest BCUT2D eigenvalue weighted by Crippen LogP contribution is 2.17. The normalized spacial score (nSPS) is 11.2. The number of nitrogens with one attached hydrogen (secondary N) is 1. The molecule has 0 saturated heterocycles. The smallest absolute Gasteiger partial charge is 0.155 e. The molecule has 1 rings (SSSR count). The van der Waals surface area contributed by atoms with Gasteiger partial charge in [0.1, 0.15) is 5.75 Å². The fourth-order valence-corrected chi connectivity index (χ4v) is 1.18. The topological polar surface area (TPSA) is 53.9 Å². The van der Waals surface area contributed by atoms with Gasteiger partial charge in [-0.25, -0.2) is 0 Å². The quantitative estimate of drug-likeness (QED) is 0.435. The molecule has 0 aromatic heterocycles. The van der Waals surface area contributed by atoms with Crippen LogP contribution in [0.1, 0.15) is 12.5 Å². The summed E-state index contributed by atoms with van der Waals surface area (Å²) < 4.78 is 5.14. The van der Waals surface area contributed by atoms with Crippen molar-refractivity contribution in [2.45, 2.75) is 6.92 Å². The number of amidine groups is 1. The van der Waals surface area contributed by atoms with E-state index in [4.69, 9.17) is 9.94 Å². The van der Waals surface area contributed by atoms with Gasteiger partial charge >= 0.3 is 0 Å². The first-order valence-corrected chi connectivity index (χ1v) is 4.41. The van der Waals surface area contributed by atoms with Crippen molar-refractivity contribution in [1.82, 2.24) is 5.48 Å². The average molecular weight is 194 g/mol. The Morgan fingerprint density at radius 3 is 2.79 bits per heavy atom. The Morgan fingerprint density at radius 2 is 2.21 bits per heavy atom. The summed E-state index contributed by atoms with van der Waals surface area (Å²) in [5.74, 6) is 1.10. The molecule has 1 aromatic rings. The van der Waals surface area contributed by atoms with Crippen molar-refractivity contribution in [2.24, 2.45) is 4.99 Å². The van der Waals surface area contributed by atoms with Crippen LogP contribution in [0, 0.1) is 0 Å². The van der Waals surface area contributed by atoms with E-state index in [-0.39, 0.29) is 0 Å². The standard InChI is InChI=1S/C10H14N2O2/c1-3-11-10(12-13)8-6-4-5-7-9(8)14-2/h4-7,13H,3H2,1-2H3,(H,11,12). The van der Waals surface area contributed by atoms with Gasteiger partial charge in [0.2, 0.25) is 0 Å². The van der Waals surface area contributed by atoms with E-state index >= 15 is 0 Å². The van der Waals surface area contributed by atoms with Gasteiger partial charge in [0, 0.05) is 6.54 Å². The molecule has 0 radical (unpaired) electrons. The molecule has 0 bridgehead atoms. The molecule has 2 N–H and O–H groups in total. The lowest BCUT2D eigenvalue weighted by atomic mass is 10.2. The minimum Gasteiger partial charge on any atom is -0.496 e. The zero-order valence-corrected chi connectivity index (χ0v) is 8.32. The first-order chi connectivity index (χ1) is 6.83. The number of hydroxylamine groups is 1. The molecule has 0 atom stereocenters. The lowest BCUT2D eigenvalue weighted by Crippen LogP contribution is -2.21. The predicted molar refractivity (Wildman–Crippen MR) is 55.0 cm³/mol. The van der Waals surface area contributed by atoms with Crippen LogP contribution < -0.4 is 10.2 Å². The molecule has 76 valence electrons. The van der Waals surface area contributed by atoms with Crippen LogP contribution in [0.15, 0.2) is 29.3 Å². The number of methoxy groups -OCH3 is 1. The van der Waals surface area contributed by atoms with Crippen molar-refractivity contribution in [3.05, 3.63) is 29.8 Å². The minimum atomic E-state index is 0.421. The van der Waals surface area contributed by atoms with Crippen molar-refractivity contribution in [2.75, 3.05) is 13.7 Å². The van der Waals surface area contributed by atoms with Crippen LogP contribution in [0.5, 0.6) is 5.75 Å². The monoisotopic (exact) mass is 194 g/mol. The molecule has 14 heavy (non-hydrogen) atoms. The maximum atomic E-state index is 8.89. The van der Waals surface area contributed by atoms with Crippen LogP contribution in [-0.2, 0) is 0 Å². The lowest BCUT2D eigenvalue weighted by Gasteiger charge is -2.09. The van der Waals surface area contributed by atoms with E-state index < -0.39 is 0 Å². The van der Waals surface area contributed by atoms with Crippen LogP contribution >= 0.6 is 0 Å². The average Bonchev–Trinajstić information content (AvgIpc) is 2.26. The van der Waals surface area contributed by atoms with E-state index in [1.807, 2.05) is 31.2 Å². The summed E-state index contributed by atoms with van der Waals surface area (Å²) in [6.45, 7) is 2.49. The molecule has 4 nitrogen and oxygen atoms in total. The summed E-state index contributed by atoms with van der Waals surface area (Å²) in [4.78, 5) is 4.10. The van der Waals surface area contributed by atoms with Crippen molar-refractivity contribution in [3.63, 3.8) is 0 Å². The number of benzene rings is 1. The molecule has 0 aliphatic carbocycles. The highest BCUT2D eigenvalue weighted by atomic mass is 16.5. The van der Waals surface area contributed by atoms with Gasteiger partial charge in [-0.05, 0) is 19.1 Å². The Bertz CT molecular complexity index is 324. The Morgan fingerprint density at radius 1 is 1.50 bits per heavy atom. The first kappa shape index (κ1) is 10.5. The van der Waals surface area contributed by atoms with Crippen molar-refractivity contribution < 1.29 is 9.94 Å². The van der Waals surface area contributed by atoms with Crippen molar-refractivity contribution in [3.8, 4) is 5.75 Å². The molecule has 0 fully saturated rings. The SMILES string of the molecule is CCN=C(NO)c1ccccc1OC. The maximum Gasteiger partial charge on any atom is 0.155 e. The largest absolute Gasteiger partial charge is 0.496 e. The van der Waals surface area contributed by atoms with E-state index in [9.17, 15) is 0 Å². The van der Waals surface area contributed by atoms with E-state index in [2.05, 4.69) is 10.5 Å². The lowest BCUT2D eigenvalue weighted by molar-refractivity contribution is 0.234. The number of hydrogen-bond donors (Lipinski definition) is 2. The summed E-state index contributed by atoms with van der Waals surface area (Å²) in [6.07, 6.45) is 0. The van der Waals surface area contributed by atoms with Crippen LogP contribution in [-0.4, -0.2) is 24.7 Å². The van der Waals surface area contributed by atoms with Crippen LogP contribution in [0.3, 0.4) is 0 Å². The summed E-state index contributed by atoms with van der Waals surface area (Å²) >= 11 is 0. The molecular formula is C10H14N2O2. The van der Waals surface area contributed by atoms with Gasteiger partial charge in [-0.3, -0.25) is 15.7 Å². The molecule has 0 amide bonds. The summed E-state index contributed by atoms with van der Waals surface area (Å²) in [5.41, 5.74) is 2.81. The Kier molecular flexibility index (Phi) is 3.94. The predicted octanol–water partition coefficient (Wildman–Crippen LogP) is 1.44. The fourth-order valence-electron chi connectivity index (χ4n) is 1.18. The van der Waals surface area contributed by atoms with Crippen molar-refractivity contribution in [1.29, 1.82) is 0 Å². The maximum absolute atomic E-state index is 8.89. The van der Waals surface area contributed by atoms with Gasteiger partial charge in [-0.2, -0.15) is 0 Å². The third-order valence-electron chi connectivity index (χ3n) is 1.78. The van der Waals surface area contributed by atoms with Gasteiger partial charge in [-0.1, -0.05) is 12.1 Å². The van der Waals surface area contributed by atoms with Crippen LogP contribution in [0.2, 0.25) is 0 Å². The number of rotatable bonds is 3. The van der Waals surface area contributed by atoms with Gasteiger partial charge in [0.15, 0.2) is 5.84 Å². The van der Waals surface area contributed by atoms with E-state index in [1.165, 1.54) is 0 Å². The molecule has 4 heteroatoms. The second kappa shape index (κ2) is 5.24. The molecular weight excluding hydrogens is 180 g/mol. The third kappa shape index (κ3) is 2.23. The zero-order chi connectivity index (χ0) is 10.4. The van der Waals surface area contributed by atoms with Crippen molar-refractivity contribution >= 4 is 5.84 Å². The van der Waals surface area contributed by atoms with Gasteiger partial charge < -0.3 is 4.74 Å². The molecule has 0 heterocycles. The molecule has 0 aliphatic rings.